The van der Waals surface area contributed by atoms with Gasteiger partial charge in [-0.05, 0) is 32.3 Å². The minimum absolute atomic E-state index is 0.0531. The minimum Gasteiger partial charge on any atom is -0.466 e. The standard InChI is InChI=1S/C21H24N2O4/c1-6-10-17-15-18(20(25)26-7-2)11-12-19(17)21(22-4,23-5)13-8-9-14-27-16(3)24/h10,17-19H,1,7,11-15H2,2-3H3/t17-,18+,19-/m1/s1. The Morgan fingerprint density at radius 3 is 2.52 bits per heavy atom. The summed E-state index contributed by atoms with van der Waals surface area (Å²) in [7, 11) is 0. The summed E-state index contributed by atoms with van der Waals surface area (Å²) in [6, 6.07) is 0. The van der Waals surface area contributed by atoms with E-state index in [-0.39, 0.29) is 36.8 Å². The highest BCUT2D eigenvalue weighted by Gasteiger charge is 2.56. The number of carbonyl (C=O) groups is 2. The van der Waals surface area contributed by atoms with E-state index >= 15 is 0 Å². The van der Waals surface area contributed by atoms with Crippen molar-refractivity contribution in [1.29, 1.82) is 0 Å². The van der Waals surface area contributed by atoms with Gasteiger partial charge in [-0.15, -0.1) is 5.73 Å². The first-order valence-corrected chi connectivity index (χ1v) is 8.83. The van der Waals surface area contributed by atoms with Crippen molar-refractivity contribution in [2.24, 2.45) is 17.8 Å². The average molecular weight is 368 g/mol. The van der Waals surface area contributed by atoms with E-state index in [0.717, 1.165) is 0 Å². The molecule has 0 aromatic heterocycles. The van der Waals surface area contributed by atoms with Crippen LogP contribution in [0.5, 0.6) is 0 Å². The van der Waals surface area contributed by atoms with E-state index in [1.54, 1.807) is 13.0 Å². The van der Waals surface area contributed by atoms with Crippen molar-refractivity contribution in [2.45, 2.75) is 45.2 Å². The van der Waals surface area contributed by atoms with Crippen LogP contribution in [0.1, 0.15) is 39.5 Å². The first-order chi connectivity index (χ1) is 12.9. The molecule has 142 valence electrons. The highest BCUT2D eigenvalue weighted by Crippen LogP contribution is 2.45. The maximum atomic E-state index is 12.1. The normalized spacial score (nSPS) is 21.3. The van der Waals surface area contributed by atoms with Crippen LogP contribution in [0.4, 0.5) is 0 Å². The van der Waals surface area contributed by atoms with E-state index < -0.39 is 11.6 Å². The summed E-state index contributed by atoms with van der Waals surface area (Å²) < 4.78 is 9.87. The van der Waals surface area contributed by atoms with Crippen LogP contribution >= 0.6 is 0 Å². The highest BCUT2D eigenvalue weighted by molar-refractivity contribution is 5.72. The molecule has 0 aromatic rings. The van der Waals surface area contributed by atoms with E-state index in [1.165, 1.54) is 6.92 Å². The number of ether oxygens (including phenoxy) is 2. The fourth-order valence-electron chi connectivity index (χ4n) is 3.37. The van der Waals surface area contributed by atoms with E-state index in [2.05, 4.69) is 33.8 Å². The molecule has 0 unspecified atom stereocenters. The quantitative estimate of drug-likeness (QED) is 0.312. The van der Waals surface area contributed by atoms with E-state index in [1.807, 2.05) is 0 Å². The summed E-state index contributed by atoms with van der Waals surface area (Å²) in [6.07, 6.45) is 3.41. The lowest BCUT2D eigenvalue weighted by Crippen LogP contribution is -2.41. The summed E-state index contributed by atoms with van der Waals surface area (Å²) in [5, 5.41) is 0. The Morgan fingerprint density at radius 2 is 1.96 bits per heavy atom. The van der Waals surface area contributed by atoms with Crippen LogP contribution in [-0.4, -0.2) is 30.8 Å². The molecule has 0 aromatic carbocycles. The van der Waals surface area contributed by atoms with Gasteiger partial charge in [0.25, 0.3) is 0 Å². The summed E-state index contributed by atoms with van der Waals surface area (Å²) in [5.74, 6) is 4.10. The van der Waals surface area contributed by atoms with Gasteiger partial charge in [0, 0.05) is 12.8 Å². The van der Waals surface area contributed by atoms with Gasteiger partial charge in [0.2, 0.25) is 0 Å². The molecule has 27 heavy (non-hydrogen) atoms. The van der Waals surface area contributed by atoms with Crippen LogP contribution in [0.15, 0.2) is 18.4 Å². The molecule has 1 saturated carbocycles. The predicted molar refractivity (Wildman–Crippen MR) is 99.6 cm³/mol. The fourth-order valence-corrected chi connectivity index (χ4v) is 3.37. The Morgan fingerprint density at radius 1 is 1.26 bits per heavy atom. The molecule has 0 aliphatic heterocycles. The van der Waals surface area contributed by atoms with Crippen LogP contribution in [0, 0.1) is 42.7 Å². The number of esters is 2. The van der Waals surface area contributed by atoms with Crippen molar-refractivity contribution < 1.29 is 19.1 Å². The second-order valence-corrected chi connectivity index (χ2v) is 6.32. The monoisotopic (exact) mass is 368 g/mol. The molecule has 1 aliphatic carbocycles. The third-order valence-electron chi connectivity index (χ3n) is 4.65. The SMILES string of the molecule is [C-]#[N+]C(CC#CCOC(C)=O)([N+]#[C-])[C@@H]1CC[C@H](C(=O)OCC)C[C@H]1C=C=C. The average Bonchev–Trinajstić information content (AvgIpc) is 2.65. The van der Waals surface area contributed by atoms with Crippen LogP contribution in [-0.2, 0) is 19.1 Å². The molecular formula is C21H24N2O4. The van der Waals surface area contributed by atoms with Crippen LogP contribution in [0.3, 0.4) is 0 Å². The molecule has 6 nitrogen and oxygen atoms in total. The van der Waals surface area contributed by atoms with Crippen LogP contribution in [0.25, 0.3) is 9.69 Å². The molecule has 0 saturated heterocycles. The number of nitrogens with zero attached hydrogens (tertiary/aromatic N) is 2. The molecule has 0 heterocycles. The third-order valence-corrected chi connectivity index (χ3v) is 4.65. The van der Waals surface area contributed by atoms with Crippen molar-refractivity contribution in [1.82, 2.24) is 0 Å². The molecule has 0 spiro atoms. The molecule has 0 radical (unpaired) electrons. The fraction of sp³-hybridized carbons (Fsp3) is 0.571. The highest BCUT2D eigenvalue weighted by atomic mass is 16.5. The number of rotatable bonds is 6. The molecule has 0 N–H and O–H groups in total. The van der Waals surface area contributed by atoms with Crippen molar-refractivity contribution >= 4 is 11.9 Å². The maximum absolute atomic E-state index is 12.1. The Balaban J connectivity index is 3.00. The Kier molecular flexibility index (Phi) is 8.87. The Labute approximate surface area is 160 Å². The van der Waals surface area contributed by atoms with E-state index in [4.69, 9.17) is 22.6 Å². The zero-order chi connectivity index (χ0) is 20.3. The van der Waals surface area contributed by atoms with Crippen molar-refractivity contribution in [3.05, 3.63) is 41.2 Å². The lowest BCUT2D eigenvalue weighted by molar-refractivity contribution is -0.150. The van der Waals surface area contributed by atoms with E-state index in [0.29, 0.717) is 25.9 Å². The first-order valence-electron chi connectivity index (χ1n) is 8.83. The van der Waals surface area contributed by atoms with Crippen molar-refractivity contribution in [2.75, 3.05) is 13.2 Å². The van der Waals surface area contributed by atoms with E-state index in [9.17, 15) is 9.59 Å². The summed E-state index contributed by atoms with van der Waals surface area (Å²) in [5.41, 5.74) is 1.40. The molecule has 1 rings (SSSR count). The molecule has 0 bridgehead atoms. The van der Waals surface area contributed by atoms with Gasteiger partial charge in [0.05, 0.1) is 12.5 Å². The van der Waals surface area contributed by atoms with Gasteiger partial charge in [-0.2, -0.15) is 0 Å². The van der Waals surface area contributed by atoms with Crippen molar-refractivity contribution in [3.63, 3.8) is 0 Å². The molecular weight excluding hydrogens is 344 g/mol. The molecule has 3 atom stereocenters. The van der Waals surface area contributed by atoms with Crippen LogP contribution < -0.4 is 0 Å². The second kappa shape index (κ2) is 10.9. The second-order valence-electron chi connectivity index (χ2n) is 6.32. The summed E-state index contributed by atoms with van der Waals surface area (Å²) in [4.78, 5) is 30.1. The number of hydrogen-bond donors (Lipinski definition) is 0. The maximum Gasteiger partial charge on any atom is 0.496 e. The summed E-state index contributed by atoms with van der Waals surface area (Å²) in [6.45, 7) is 22.2. The topological polar surface area (TPSA) is 61.3 Å². The predicted octanol–water partition coefficient (Wildman–Crippen LogP) is 3.41. The lowest BCUT2D eigenvalue weighted by Gasteiger charge is -2.33. The van der Waals surface area contributed by atoms with Gasteiger partial charge in [-0.25, -0.2) is 22.8 Å². The van der Waals surface area contributed by atoms with Gasteiger partial charge in [0.1, 0.15) is 5.92 Å². The Bertz CT molecular complexity index is 727. The van der Waals surface area contributed by atoms with Gasteiger partial charge in [-0.1, -0.05) is 18.4 Å². The molecule has 0 amide bonds. The number of hydrogen-bond acceptors (Lipinski definition) is 4. The van der Waals surface area contributed by atoms with Gasteiger partial charge >= 0.3 is 17.6 Å². The zero-order valence-electron chi connectivity index (χ0n) is 15.8. The zero-order valence-corrected chi connectivity index (χ0v) is 15.8. The van der Waals surface area contributed by atoms with Gasteiger partial charge in [0.15, 0.2) is 13.0 Å². The molecule has 1 fully saturated rings. The smallest absolute Gasteiger partial charge is 0.466 e. The largest absolute Gasteiger partial charge is 0.496 e. The minimum atomic E-state index is -1.35. The third kappa shape index (κ3) is 6.03. The van der Waals surface area contributed by atoms with Crippen molar-refractivity contribution in [3.8, 4) is 11.8 Å². The first kappa shape index (κ1) is 22.0. The van der Waals surface area contributed by atoms with Crippen LogP contribution in [0.2, 0.25) is 0 Å². The lowest BCUT2D eigenvalue weighted by atomic mass is 9.68. The summed E-state index contributed by atoms with van der Waals surface area (Å²) >= 11 is 0. The number of carbonyl (C=O) groups excluding carboxylic acids is 2. The van der Waals surface area contributed by atoms with Gasteiger partial charge in [-0.3, -0.25) is 9.59 Å². The Hall–Kier alpha value is -3.00. The van der Waals surface area contributed by atoms with Gasteiger partial charge < -0.3 is 9.47 Å². The molecule has 1 aliphatic rings. The number of allylic oxidation sites excluding steroid dienone is 1. The molecule has 6 heteroatoms.